The zero-order chi connectivity index (χ0) is 16.2. The molecule has 2 saturated carbocycles. The third-order valence-electron chi connectivity index (χ3n) is 5.79. The molecule has 0 heterocycles. The fourth-order valence-electron chi connectivity index (χ4n) is 4.65. The number of para-hydroxylation sites is 2. The fourth-order valence-corrected chi connectivity index (χ4v) is 4.65. The van der Waals surface area contributed by atoms with E-state index in [1.165, 1.54) is 0 Å². The van der Waals surface area contributed by atoms with E-state index in [0.717, 1.165) is 12.8 Å². The van der Waals surface area contributed by atoms with Gasteiger partial charge in [-0.05, 0) is 42.2 Å². The molecule has 0 saturated heterocycles. The number of carboxylic acid groups (broad SMARTS) is 1. The number of aliphatic carboxylic acids is 1. The molecular formula is C18H19NO4. The number of carbonyl (C=O) groups is 2. The summed E-state index contributed by atoms with van der Waals surface area (Å²) in [5.41, 5.74) is 0.618. The first-order valence-electron chi connectivity index (χ1n) is 7.93. The first-order chi connectivity index (χ1) is 11.1. The van der Waals surface area contributed by atoms with Gasteiger partial charge in [-0.2, -0.15) is 0 Å². The van der Waals surface area contributed by atoms with Crippen molar-refractivity contribution in [1.29, 1.82) is 0 Å². The number of carboxylic acids is 1. The Hall–Kier alpha value is -2.30. The van der Waals surface area contributed by atoms with Crippen molar-refractivity contribution in [3.8, 4) is 5.75 Å². The highest BCUT2D eigenvalue weighted by Gasteiger charge is 2.70. The molecule has 0 aliphatic heterocycles. The van der Waals surface area contributed by atoms with Crippen molar-refractivity contribution in [3.63, 3.8) is 0 Å². The number of anilines is 1. The van der Waals surface area contributed by atoms with Gasteiger partial charge in [0.05, 0.1) is 24.6 Å². The van der Waals surface area contributed by atoms with Crippen LogP contribution in [0.5, 0.6) is 5.75 Å². The molecule has 0 unspecified atom stereocenters. The molecule has 0 radical (unpaired) electrons. The smallest absolute Gasteiger partial charge is 0.307 e. The lowest BCUT2D eigenvalue weighted by Gasteiger charge is -2.24. The Labute approximate surface area is 134 Å². The Morgan fingerprint density at radius 1 is 1.17 bits per heavy atom. The SMILES string of the molecule is COc1ccccc1NC(=O)[C@@H]1[C@@H](C(=O)O)[C@H]2C=C[C@H]1C21CC1. The van der Waals surface area contributed by atoms with E-state index in [2.05, 4.69) is 11.4 Å². The van der Waals surface area contributed by atoms with Gasteiger partial charge in [0.15, 0.2) is 0 Å². The summed E-state index contributed by atoms with van der Waals surface area (Å²) in [6, 6.07) is 7.18. The molecule has 3 aliphatic rings. The Morgan fingerprint density at radius 2 is 1.83 bits per heavy atom. The number of amides is 1. The molecule has 1 aromatic rings. The monoisotopic (exact) mass is 313 g/mol. The minimum atomic E-state index is -0.867. The van der Waals surface area contributed by atoms with Crippen LogP contribution >= 0.6 is 0 Å². The summed E-state index contributed by atoms with van der Waals surface area (Å²) in [6.07, 6.45) is 6.13. The minimum Gasteiger partial charge on any atom is -0.495 e. The number of benzene rings is 1. The number of rotatable bonds is 4. The number of allylic oxidation sites excluding steroid dienone is 2. The van der Waals surface area contributed by atoms with Crippen molar-refractivity contribution >= 4 is 17.6 Å². The average molecular weight is 313 g/mol. The van der Waals surface area contributed by atoms with Gasteiger partial charge in [-0.1, -0.05) is 24.3 Å². The summed E-state index contributed by atoms with van der Waals surface area (Å²) in [6.45, 7) is 0. The van der Waals surface area contributed by atoms with Crippen molar-refractivity contribution < 1.29 is 19.4 Å². The molecule has 4 atom stereocenters. The summed E-state index contributed by atoms with van der Waals surface area (Å²) in [4.78, 5) is 24.6. The van der Waals surface area contributed by atoms with E-state index in [0.29, 0.717) is 11.4 Å². The summed E-state index contributed by atoms with van der Waals surface area (Å²) < 4.78 is 5.25. The lowest BCUT2D eigenvalue weighted by Crippen LogP contribution is -2.36. The van der Waals surface area contributed by atoms with E-state index in [1.807, 2.05) is 18.2 Å². The van der Waals surface area contributed by atoms with Crippen LogP contribution in [0, 0.1) is 29.1 Å². The Kier molecular flexibility index (Phi) is 3.01. The van der Waals surface area contributed by atoms with Crippen molar-refractivity contribution in [2.24, 2.45) is 29.1 Å². The topological polar surface area (TPSA) is 75.6 Å². The number of carbonyl (C=O) groups excluding carboxylic acids is 1. The summed E-state index contributed by atoms with van der Waals surface area (Å²) in [7, 11) is 1.55. The van der Waals surface area contributed by atoms with Gasteiger partial charge in [-0.15, -0.1) is 0 Å². The lowest BCUT2D eigenvalue weighted by atomic mass is 9.82. The van der Waals surface area contributed by atoms with Crippen molar-refractivity contribution in [2.45, 2.75) is 12.8 Å². The number of hydrogen-bond acceptors (Lipinski definition) is 3. The molecule has 4 rings (SSSR count). The zero-order valence-electron chi connectivity index (χ0n) is 12.9. The van der Waals surface area contributed by atoms with Crippen LogP contribution in [0.2, 0.25) is 0 Å². The number of nitrogens with one attached hydrogen (secondary N) is 1. The molecule has 1 aromatic carbocycles. The molecule has 0 aromatic heterocycles. The molecule has 120 valence electrons. The first-order valence-corrected chi connectivity index (χ1v) is 7.93. The Morgan fingerprint density at radius 3 is 2.43 bits per heavy atom. The third-order valence-corrected chi connectivity index (χ3v) is 5.79. The molecule has 1 amide bonds. The largest absolute Gasteiger partial charge is 0.495 e. The van der Waals surface area contributed by atoms with Crippen LogP contribution in [-0.2, 0) is 9.59 Å². The van der Waals surface area contributed by atoms with E-state index in [-0.39, 0.29) is 23.2 Å². The van der Waals surface area contributed by atoms with Crippen molar-refractivity contribution in [2.75, 3.05) is 12.4 Å². The minimum absolute atomic E-state index is 0.00146. The summed E-state index contributed by atoms with van der Waals surface area (Å²) >= 11 is 0. The molecule has 2 fully saturated rings. The maximum Gasteiger partial charge on any atom is 0.307 e. The second kappa shape index (κ2) is 4.85. The highest BCUT2D eigenvalue weighted by molar-refractivity contribution is 5.97. The number of hydrogen-bond donors (Lipinski definition) is 2. The molecule has 5 heteroatoms. The van der Waals surface area contributed by atoms with Crippen molar-refractivity contribution in [3.05, 3.63) is 36.4 Å². The van der Waals surface area contributed by atoms with Gasteiger partial charge in [0, 0.05) is 0 Å². The molecule has 5 nitrogen and oxygen atoms in total. The van der Waals surface area contributed by atoms with Crippen LogP contribution in [0.1, 0.15) is 12.8 Å². The third kappa shape index (κ3) is 1.92. The van der Waals surface area contributed by atoms with Crippen LogP contribution in [0.3, 0.4) is 0 Å². The first kappa shape index (κ1) is 14.3. The van der Waals surface area contributed by atoms with Crippen LogP contribution in [0.4, 0.5) is 5.69 Å². The summed E-state index contributed by atoms with van der Waals surface area (Å²) in [5.74, 6) is -1.59. The van der Waals surface area contributed by atoms with Gasteiger partial charge in [0.2, 0.25) is 5.91 Å². The molecule has 2 N–H and O–H groups in total. The van der Waals surface area contributed by atoms with Crippen LogP contribution < -0.4 is 10.1 Å². The van der Waals surface area contributed by atoms with Crippen LogP contribution in [0.15, 0.2) is 36.4 Å². The number of ether oxygens (including phenoxy) is 1. The molecular weight excluding hydrogens is 294 g/mol. The second-order valence-electron chi connectivity index (χ2n) is 6.75. The standard InChI is InChI=1S/C18H19NO4/c1-23-13-5-3-2-4-12(13)19-16(20)14-10-6-7-11(15(14)17(21)22)18(10)8-9-18/h2-7,10-11,14-15H,8-9H2,1H3,(H,19,20)(H,21,22)/t10-,11-,14+,15+/m1/s1. The Bertz CT molecular complexity index is 707. The normalized spacial score (nSPS) is 32.0. The molecule has 3 aliphatic carbocycles. The van der Waals surface area contributed by atoms with Gasteiger partial charge in [-0.3, -0.25) is 9.59 Å². The molecule has 2 bridgehead atoms. The van der Waals surface area contributed by atoms with E-state index < -0.39 is 17.8 Å². The average Bonchev–Trinajstić information content (AvgIpc) is 3.21. The zero-order valence-corrected chi connectivity index (χ0v) is 12.9. The quantitative estimate of drug-likeness (QED) is 0.838. The van der Waals surface area contributed by atoms with E-state index >= 15 is 0 Å². The highest BCUT2D eigenvalue weighted by atomic mass is 16.5. The van der Waals surface area contributed by atoms with Crippen LogP contribution in [-0.4, -0.2) is 24.1 Å². The number of methoxy groups -OCH3 is 1. The van der Waals surface area contributed by atoms with Crippen molar-refractivity contribution in [1.82, 2.24) is 0 Å². The van der Waals surface area contributed by atoms with Gasteiger partial charge in [0.1, 0.15) is 5.75 Å². The molecule has 23 heavy (non-hydrogen) atoms. The predicted molar refractivity (Wildman–Crippen MR) is 84.0 cm³/mol. The fraction of sp³-hybridized carbons (Fsp3) is 0.444. The van der Waals surface area contributed by atoms with E-state index in [4.69, 9.17) is 4.74 Å². The van der Waals surface area contributed by atoms with Crippen LogP contribution in [0.25, 0.3) is 0 Å². The van der Waals surface area contributed by atoms with E-state index in [1.54, 1.807) is 19.2 Å². The second-order valence-corrected chi connectivity index (χ2v) is 6.75. The highest BCUT2D eigenvalue weighted by Crippen LogP contribution is 2.72. The van der Waals surface area contributed by atoms with Gasteiger partial charge in [-0.25, -0.2) is 0 Å². The maximum absolute atomic E-state index is 12.8. The maximum atomic E-state index is 12.8. The lowest BCUT2D eigenvalue weighted by molar-refractivity contribution is -0.146. The van der Waals surface area contributed by atoms with Gasteiger partial charge < -0.3 is 15.2 Å². The predicted octanol–water partition coefficient (Wildman–Crippen LogP) is 2.55. The van der Waals surface area contributed by atoms with E-state index in [9.17, 15) is 14.7 Å². The molecule has 1 spiro atoms. The van der Waals surface area contributed by atoms with Gasteiger partial charge in [0.25, 0.3) is 0 Å². The Balaban J connectivity index is 1.63. The van der Waals surface area contributed by atoms with Gasteiger partial charge >= 0.3 is 5.97 Å². The summed E-state index contributed by atoms with van der Waals surface area (Å²) in [5, 5.41) is 12.5.